The fourth-order valence-corrected chi connectivity index (χ4v) is 1.61. The summed E-state index contributed by atoms with van der Waals surface area (Å²) in [6, 6.07) is 0. The third-order valence-corrected chi connectivity index (χ3v) is 2.36. The number of nitrogens with zero attached hydrogens (tertiary/aromatic N) is 3. The number of hydrogen-bond acceptors (Lipinski definition) is 5. The number of rotatable bonds is 3. The molecule has 2 rings (SSSR count). The minimum absolute atomic E-state index is 0.0449. The Labute approximate surface area is 93.5 Å². The summed E-state index contributed by atoms with van der Waals surface area (Å²) in [6.45, 7) is 6.28. The van der Waals surface area contributed by atoms with E-state index in [4.69, 9.17) is 9.47 Å². The third kappa shape index (κ3) is 2.45. The molecule has 0 amide bonds. The molecule has 0 aromatic carbocycles. The number of Topliss-reactive ketones (excluding diaryl/α,β-unsaturated/α-hetero) is 1. The molecular weight excluding hydrogens is 210 g/mol. The van der Waals surface area contributed by atoms with Crippen LogP contribution in [-0.2, 0) is 16.0 Å². The molecule has 0 aliphatic carbocycles. The van der Waals surface area contributed by atoms with Gasteiger partial charge in [-0.05, 0) is 13.8 Å². The van der Waals surface area contributed by atoms with E-state index in [1.165, 1.54) is 6.92 Å². The van der Waals surface area contributed by atoms with Crippen LogP contribution in [0.1, 0.15) is 31.3 Å². The molecule has 1 saturated heterocycles. The van der Waals surface area contributed by atoms with Gasteiger partial charge in [0.15, 0.2) is 11.6 Å². The van der Waals surface area contributed by atoms with Gasteiger partial charge in [-0.3, -0.25) is 4.79 Å². The Morgan fingerprint density at radius 2 is 2.44 bits per heavy atom. The fourth-order valence-electron chi connectivity index (χ4n) is 1.61. The van der Waals surface area contributed by atoms with E-state index in [0.29, 0.717) is 18.8 Å². The highest BCUT2D eigenvalue weighted by molar-refractivity contribution is 5.91. The van der Waals surface area contributed by atoms with Gasteiger partial charge in [0.2, 0.25) is 0 Å². The van der Waals surface area contributed by atoms with Crippen molar-refractivity contribution >= 4 is 5.78 Å². The molecule has 1 aromatic rings. The second kappa shape index (κ2) is 3.95. The van der Waals surface area contributed by atoms with Gasteiger partial charge in [-0.25, -0.2) is 4.68 Å². The van der Waals surface area contributed by atoms with Crippen LogP contribution < -0.4 is 0 Å². The lowest BCUT2D eigenvalue weighted by Crippen LogP contribution is -2.24. The van der Waals surface area contributed by atoms with Crippen molar-refractivity contribution in [3.63, 3.8) is 0 Å². The summed E-state index contributed by atoms with van der Waals surface area (Å²) in [5, 5.41) is 7.62. The van der Waals surface area contributed by atoms with Crippen molar-refractivity contribution < 1.29 is 14.3 Å². The molecule has 6 heteroatoms. The van der Waals surface area contributed by atoms with Crippen LogP contribution in [0.25, 0.3) is 0 Å². The highest BCUT2D eigenvalue weighted by atomic mass is 16.7. The summed E-state index contributed by atoms with van der Waals surface area (Å²) in [6.07, 6.45) is 1.58. The Bertz CT molecular complexity index is 400. The van der Waals surface area contributed by atoms with Crippen LogP contribution in [0.4, 0.5) is 0 Å². The molecule has 0 saturated carbocycles. The Hall–Kier alpha value is -1.27. The summed E-state index contributed by atoms with van der Waals surface area (Å²) in [5.41, 5.74) is 0.373. The van der Waals surface area contributed by atoms with Crippen molar-refractivity contribution in [1.82, 2.24) is 15.0 Å². The van der Waals surface area contributed by atoms with Gasteiger partial charge in [0.1, 0.15) is 11.8 Å². The van der Waals surface area contributed by atoms with Gasteiger partial charge in [-0.1, -0.05) is 5.21 Å². The molecule has 1 aromatic heterocycles. The molecule has 2 heterocycles. The molecule has 1 aliphatic heterocycles. The van der Waals surface area contributed by atoms with Crippen LogP contribution in [0.15, 0.2) is 6.20 Å². The predicted molar refractivity (Wildman–Crippen MR) is 54.9 cm³/mol. The maximum Gasteiger partial charge on any atom is 0.181 e. The maximum atomic E-state index is 11.0. The van der Waals surface area contributed by atoms with E-state index in [2.05, 4.69) is 10.3 Å². The van der Waals surface area contributed by atoms with Gasteiger partial charge in [0.25, 0.3) is 0 Å². The summed E-state index contributed by atoms with van der Waals surface area (Å²) in [7, 11) is 0. The molecule has 16 heavy (non-hydrogen) atoms. The second-order valence-corrected chi connectivity index (χ2v) is 4.33. The van der Waals surface area contributed by atoms with Crippen LogP contribution in [0, 0.1) is 0 Å². The topological polar surface area (TPSA) is 66.2 Å². The zero-order valence-corrected chi connectivity index (χ0v) is 9.64. The first-order chi connectivity index (χ1) is 7.46. The molecule has 1 atom stereocenters. The zero-order chi connectivity index (χ0) is 11.8. The fraction of sp³-hybridized carbons (Fsp3) is 0.700. The summed E-state index contributed by atoms with van der Waals surface area (Å²) >= 11 is 0. The van der Waals surface area contributed by atoms with Crippen molar-refractivity contribution in [2.75, 3.05) is 6.61 Å². The van der Waals surface area contributed by atoms with E-state index in [1.54, 1.807) is 10.9 Å². The van der Waals surface area contributed by atoms with E-state index in [0.717, 1.165) is 0 Å². The van der Waals surface area contributed by atoms with Crippen LogP contribution >= 0.6 is 0 Å². The normalized spacial score (nSPS) is 23.6. The minimum Gasteiger partial charge on any atom is -0.348 e. The zero-order valence-electron chi connectivity index (χ0n) is 9.64. The molecule has 0 spiro atoms. The van der Waals surface area contributed by atoms with Crippen LogP contribution in [-0.4, -0.2) is 39.3 Å². The molecule has 88 valence electrons. The average molecular weight is 225 g/mol. The first-order valence-corrected chi connectivity index (χ1v) is 5.19. The first-order valence-electron chi connectivity index (χ1n) is 5.19. The Morgan fingerprint density at radius 3 is 2.94 bits per heavy atom. The average Bonchev–Trinajstić information content (AvgIpc) is 2.73. The standard InChI is InChI=1S/C10H15N3O3/c1-7(14)9-5-13(12-11-9)4-8-6-15-10(2,3)16-8/h5,8H,4,6H2,1-3H3. The number of aromatic nitrogens is 3. The molecule has 0 radical (unpaired) electrons. The monoisotopic (exact) mass is 225 g/mol. The second-order valence-electron chi connectivity index (χ2n) is 4.33. The number of hydrogen-bond donors (Lipinski definition) is 0. The molecule has 1 unspecified atom stereocenters. The Kier molecular flexibility index (Phi) is 2.77. The van der Waals surface area contributed by atoms with Crippen molar-refractivity contribution in [3.05, 3.63) is 11.9 Å². The number of carbonyl (C=O) groups excluding carboxylic acids is 1. The Morgan fingerprint density at radius 1 is 1.69 bits per heavy atom. The van der Waals surface area contributed by atoms with E-state index in [1.807, 2.05) is 13.8 Å². The number of ether oxygens (including phenoxy) is 2. The van der Waals surface area contributed by atoms with Crippen LogP contribution in [0.2, 0.25) is 0 Å². The number of carbonyl (C=O) groups is 1. The molecule has 1 aliphatic rings. The Balaban J connectivity index is 1.97. The van der Waals surface area contributed by atoms with Crippen LogP contribution in [0.5, 0.6) is 0 Å². The van der Waals surface area contributed by atoms with E-state index < -0.39 is 5.79 Å². The maximum absolute atomic E-state index is 11.0. The quantitative estimate of drug-likeness (QED) is 0.706. The summed E-state index contributed by atoms with van der Waals surface area (Å²) in [4.78, 5) is 11.0. The molecule has 1 fully saturated rings. The highest BCUT2D eigenvalue weighted by Crippen LogP contribution is 2.22. The minimum atomic E-state index is -0.533. The van der Waals surface area contributed by atoms with Gasteiger partial charge < -0.3 is 9.47 Å². The van der Waals surface area contributed by atoms with E-state index in [9.17, 15) is 4.79 Å². The lowest BCUT2D eigenvalue weighted by Gasteiger charge is -2.16. The van der Waals surface area contributed by atoms with Gasteiger partial charge >= 0.3 is 0 Å². The largest absolute Gasteiger partial charge is 0.348 e. The SMILES string of the molecule is CC(=O)c1cn(CC2COC(C)(C)O2)nn1. The van der Waals surface area contributed by atoms with Crippen molar-refractivity contribution in [2.45, 2.75) is 39.2 Å². The molecule has 6 nitrogen and oxygen atoms in total. The van der Waals surface area contributed by atoms with Crippen LogP contribution in [0.3, 0.4) is 0 Å². The molecule has 0 bridgehead atoms. The van der Waals surface area contributed by atoms with Crippen molar-refractivity contribution in [2.24, 2.45) is 0 Å². The van der Waals surface area contributed by atoms with E-state index >= 15 is 0 Å². The molecular formula is C10H15N3O3. The summed E-state index contributed by atoms with van der Waals surface area (Å²) < 4.78 is 12.7. The van der Waals surface area contributed by atoms with Crippen molar-refractivity contribution in [1.29, 1.82) is 0 Å². The van der Waals surface area contributed by atoms with Crippen molar-refractivity contribution in [3.8, 4) is 0 Å². The molecule has 0 N–H and O–H groups in total. The lowest BCUT2D eigenvalue weighted by molar-refractivity contribution is -0.139. The van der Waals surface area contributed by atoms with Gasteiger partial charge in [0, 0.05) is 6.92 Å². The number of ketones is 1. The van der Waals surface area contributed by atoms with Gasteiger partial charge in [-0.2, -0.15) is 0 Å². The third-order valence-electron chi connectivity index (χ3n) is 2.36. The predicted octanol–water partition coefficient (Wildman–Crippen LogP) is 0.632. The van der Waals surface area contributed by atoms with Gasteiger partial charge in [0.05, 0.1) is 19.3 Å². The highest BCUT2D eigenvalue weighted by Gasteiger charge is 2.32. The summed E-state index contributed by atoms with van der Waals surface area (Å²) in [5.74, 6) is -0.621. The van der Waals surface area contributed by atoms with Gasteiger partial charge in [-0.15, -0.1) is 5.10 Å². The first kappa shape index (κ1) is 11.2. The smallest absolute Gasteiger partial charge is 0.181 e. The van der Waals surface area contributed by atoms with E-state index in [-0.39, 0.29) is 11.9 Å². The lowest BCUT2D eigenvalue weighted by atomic mass is 10.3.